The molecule has 0 atom stereocenters. The van der Waals surface area contributed by atoms with Crippen LogP contribution >= 0.6 is 0 Å². The highest BCUT2D eigenvalue weighted by atomic mass is 15.3. The Morgan fingerprint density at radius 3 is 2.77 bits per heavy atom. The van der Waals surface area contributed by atoms with Gasteiger partial charge in [0.25, 0.3) is 0 Å². The van der Waals surface area contributed by atoms with Crippen LogP contribution in [0.2, 0.25) is 0 Å². The summed E-state index contributed by atoms with van der Waals surface area (Å²) in [5.41, 5.74) is 12.5. The predicted molar refractivity (Wildman–Crippen MR) is 52.9 cm³/mol. The highest BCUT2D eigenvalue weighted by Crippen LogP contribution is 2.16. The van der Waals surface area contributed by atoms with Crippen molar-refractivity contribution in [3.05, 3.63) is 41.5 Å². The fourth-order valence-electron chi connectivity index (χ4n) is 1.25. The Hall–Kier alpha value is -1.77. The van der Waals surface area contributed by atoms with Gasteiger partial charge in [0.05, 0.1) is 5.70 Å². The summed E-state index contributed by atoms with van der Waals surface area (Å²) in [6.45, 7) is 2.04. The number of hydrogen-bond donors (Lipinski definition) is 1. The molecule has 0 aliphatic carbocycles. The molecule has 0 saturated heterocycles. The standard InChI is InChI=1S/C10H10N3/c1-7-3-2-4-8(5-7)9-6-10(11)13-12-9/h2-6H,1H3,(H2,11,13). The molecule has 65 valence electrons. The minimum atomic E-state index is 0.469. The van der Waals surface area contributed by atoms with Crippen molar-refractivity contribution in [2.24, 2.45) is 10.8 Å². The zero-order valence-electron chi connectivity index (χ0n) is 7.36. The van der Waals surface area contributed by atoms with E-state index in [2.05, 4.69) is 16.6 Å². The van der Waals surface area contributed by atoms with Crippen LogP contribution in [0.1, 0.15) is 11.1 Å². The Bertz CT molecular complexity index is 391. The Morgan fingerprint density at radius 2 is 2.15 bits per heavy atom. The number of rotatable bonds is 1. The molecule has 2 rings (SSSR count). The lowest BCUT2D eigenvalue weighted by atomic mass is 10.1. The minimum absolute atomic E-state index is 0.469. The molecule has 2 N–H and O–H groups in total. The zero-order valence-corrected chi connectivity index (χ0v) is 7.36. The van der Waals surface area contributed by atoms with Gasteiger partial charge >= 0.3 is 0 Å². The highest BCUT2D eigenvalue weighted by molar-refractivity contribution is 6.00. The van der Waals surface area contributed by atoms with E-state index in [0.29, 0.717) is 5.84 Å². The molecule has 0 fully saturated rings. The molecule has 0 aromatic heterocycles. The molecule has 3 nitrogen and oxygen atoms in total. The number of hydrogen-bond acceptors (Lipinski definition) is 2. The SMILES string of the molecule is Cc1cccc(C2=CC(N)=N[N]2)c1. The predicted octanol–water partition coefficient (Wildman–Crippen LogP) is 1.23. The smallest absolute Gasteiger partial charge is 0.148 e. The minimum Gasteiger partial charge on any atom is -0.382 e. The molecule has 0 saturated carbocycles. The number of benzene rings is 1. The van der Waals surface area contributed by atoms with Crippen LogP contribution in [-0.4, -0.2) is 5.84 Å². The lowest BCUT2D eigenvalue weighted by molar-refractivity contribution is 0.990. The van der Waals surface area contributed by atoms with Crippen molar-refractivity contribution in [1.82, 2.24) is 5.43 Å². The van der Waals surface area contributed by atoms with Crippen molar-refractivity contribution < 1.29 is 0 Å². The maximum atomic E-state index is 5.48. The van der Waals surface area contributed by atoms with Crippen LogP contribution in [0, 0.1) is 6.92 Å². The molecule has 0 amide bonds. The van der Waals surface area contributed by atoms with Gasteiger partial charge in [0, 0.05) is 11.6 Å². The summed E-state index contributed by atoms with van der Waals surface area (Å²) >= 11 is 0. The van der Waals surface area contributed by atoms with Crippen LogP contribution in [-0.2, 0) is 0 Å². The van der Waals surface area contributed by atoms with Gasteiger partial charge in [-0.05, 0) is 13.0 Å². The summed E-state index contributed by atoms with van der Waals surface area (Å²) in [6.07, 6.45) is 1.77. The number of aryl methyl sites for hydroxylation is 1. The molecule has 1 heterocycles. The highest BCUT2D eigenvalue weighted by Gasteiger charge is 2.08. The van der Waals surface area contributed by atoms with Gasteiger partial charge in [0.1, 0.15) is 5.84 Å². The molecule has 13 heavy (non-hydrogen) atoms. The monoisotopic (exact) mass is 172 g/mol. The van der Waals surface area contributed by atoms with E-state index in [1.165, 1.54) is 5.56 Å². The summed E-state index contributed by atoms with van der Waals surface area (Å²) < 4.78 is 0. The van der Waals surface area contributed by atoms with Crippen LogP contribution in [0.4, 0.5) is 0 Å². The van der Waals surface area contributed by atoms with Crippen LogP contribution in [0.3, 0.4) is 0 Å². The molecule has 0 spiro atoms. The van der Waals surface area contributed by atoms with E-state index in [4.69, 9.17) is 5.73 Å². The second-order valence-electron chi connectivity index (χ2n) is 3.02. The summed E-state index contributed by atoms with van der Waals surface area (Å²) in [6, 6.07) is 8.10. The van der Waals surface area contributed by atoms with Crippen molar-refractivity contribution in [2.45, 2.75) is 6.92 Å². The van der Waals surface area contributed by atoms with Crippen LogP contribution < -0.4 is 11.2 Å². The first-order chi connectivity index (χ1) is 6.25. The third-order valence-electron chi connectivity index (χ3n) is 1.87. The fourth-order valence-corrected chi connectivity index (χ4v) is 1.25. The van der Waals surface area contributed by atoms with E-state index in [9.17, 15) is 0 Å². The van der Waals surface area contributed by atoms with Crippen LogP contribution in [0.5, 0.6) is 0 Å². The molecular formula is C10H10N3. The van der Waals surface area contributed by atoms with Gasteiger partial charge in [-0.25, -0.2) is 0 Å². The second-order valence-corrected chi connectivity index (χ2v) is 3.02. The van der Waals surface area contributed by atoms with Gasteiger partial charge in [-0.15, -0.1) is 10.5 Å². The summed E-state index contributed by atoms with van der Waals surface area (Å²) in [4.78, 5) is 0. The Morgan fingerprint density at radius 1 is 1.31 bits per heavy atom. The summed E-state index contributed by atoms with van der Waals surface area (Å²) in [5, 5.41) is 3.75. The van der Waals surface area contributed by atoms with Crippen LogP contribution in [0.25, 0.3) is 5.70 Å². The van der Waals surface area contributed by atoms with Crippen molar-refractivity contribution in [2.75, 3.05) is 0 Å². The number of amidine groups is 1. The molecule has 1 aromatic carbocycles. The van der Waals surface area contributed by atoms with E-state index in [1.807, 2.05) is 25.1 Å². The molecule has 3 heteroatoms. The Balaban J connectivity index is 2.33. The topological polar surface area (TPSA) is 52.5 Å². The molecule has 1 aliphatic heterocycles. The van der Waals surface area contributed by atoms with Crippen LogP contribution in [0.15, 0.2) is 35.4 Å². The maximum absolute atomic E-state index is 5.48. The third-order valence-corrected chi connectivity index (χ3v) is 1.87. The fraction of sp³-hybridized carbons (Fsp3) is 0.100. The average molecular weight is 172 g/mol. The molecular weight excluding hydrogens is 162 g/mol. The van der Waals surface area contributed by atoms with Gasteiger partial charge in [0.2, 0.25) is 0 Å². The van der Waals surface area contributed by atoms with Crippen molar-refractivity contribution in [3.8, 4) is 0 Å². The average Bonchev–Trinajstić information content (AvgIpc) is 2.52. The van der Waals surface area contributed by atoms with E-state index in [1.54, 1.807) is 6.08 Å². The first kappa shape index (κ1) is 7.86. The normalized spacial score (nSPS) is 14.8. The van der Waals surface area contributed by atoms with Crippen molar-refractivity contribution in [3.63, 3.8) is 0 Å². The molecule has 0 bridgehead atoms. The maximum Gasteiger partial charge on any atom is 0.148 e. The first-order valence-corrected chi connectivity index (χ1v) is 4.08. The van der Waals surface area contributed by atoms with Gasteiger partial charge in [-0.2, -0.15) is 0 Å². The summed E-state index contributed by atoms with van der Waals surface area (Å²) in [5.74, 6) is 0.469. The number of nitrogens with zero attached hydrogens (tertiary/aromatic N) is 2. The Labute approximate surface area is 77.0 Å². The van der Waals surface area contributed by atoms with Gasteiger partial charge < -0.3 is 5.73 Å². The van der Waals surface area contributed by atoms with Gasteiger partial charge in [-0.1, -0.05) is 23.8 Å². The third kappa shape index (κ3) is 1.54. The van der Waals surface area contributed by atoms with Crippen molar-refractivity contribution in [1.29, 1.82) is 0 Å². The van der Waals surface area contributed by atoms with E-state index in [-0.39, 0.29) is 0 Å². The van der Waals surface area contributed by atoms with Crippen molar-refractivity contribution >= 4 is 11.5 Å². The number of nitrogens with two attached hydrogens (primary N) is 1. The largest absolute Gasteiger partial charge is 0.382 e. The quantitative estimate of drug-likeness (QED) is 0.680. The molecule has 1 radical (unpaired) electrons. The zero-order chi connectivity index (χ0) is 9.26. The van der Waals surface area contributed by atoms with Gasteiger partial charge in [0.15, 0.2) is 0 Å². The van der Waals surface area contributed by atoms with E-state index >= 15 is 0 Å². The van der Waals surface area contributed by atoms with E-state index < -0.39 is 0 Å². The lowest BCUT2D eigenvalue weighted by Gasteiger charge is -2.00. The van der Waals surface area contributed by atoms with Gasteiger partial charge in [-0.3, -0.25) is 0 Å². The summed E-state index contributed by atoms with van der Waals surface area (Å²) in [7, 11) is 0. The lowest BCUT2D eigenvalue weighted by Crippen LogP contribution is -2.04. The molecule has 1 aliphatic rings. The molecule has 0 unspecified atom stereocenters. The van der Waals surface area contributed by atoms with E-state index in [0.717, 1.165) is 11.3 Å². The first-order valence-electron chi connectivity index (χ1n) is 4.08. The Kier molecular flexibility index (Phi) is 1.77. The second kappa shape index (κ2) is 2.94. The molecule has 1 aromatic rings.